The lowest BCUT2D eigenvalue weighted by Gasteiger charge is -2.31. The highest BCUT2D eigenvalue weighted by molar-refractivity contribution is 5.84. The number of para-hydroxylation sites is 1. The number of benzene rings is 2. The number of carbonyl (C=O) groups excluding carboxylic acids is 1. The molecule has 1 aromatic heterocycles. The summed E-state index contributed by atoms with van der Waals surface area (Å²) in [7, 11) is 0. The minimum Gasteiger partial charge on any atom is -0.461 e. The maximum absolute atomic E-state index is 12.1. The molecular formula is C28H32N2O5. The van der Waals surface area contributed by atoms with E-state index in [0.29, 0.717) is 38.0 Å². The molecule has 3 heterocycles. The molecule has 1 unspecified atom stereocenters. The summed E-state index contributed by atoms with van der Waals surface area (Å²) in [4.78, 5) is 13.9. The fourth-order valence-corrected chi connectivity index (χ4v) is 4.90. The molecule has 0 saturated carbocycles. The van der Waals surface area contributed by atoms with Gasteiger partial charge < -0.3 is 28.4 Å². The number of piperidine rings is 1. The highest BCUT2D eigenvalue weighted by atomic mass is 16.8. The Balaban J connectivity index is 1.17. The monoisotopic (exact) mass is 476 g/mol. The van der Waals surface area contributed by atoms with Crippen LogP contribution in [-0.4, -0.2) is 48.2 Å². The average Bonchev–Trinajstić information content (AvgIpc) is 3.49. The molecule has 3 aromatic rings. The third-order valence-corrected chi connectivity index (χ3v) is 6.67. The van der Waals surface area contributed by atoms with E-state index >= 15 is 0 Å². The van der Waals surface area contributed by atoms with E-state index < -0.39 is 0 Å². The Bertz CT molecular complexity index is 1160. The van der Waals surface area contributed by atoms with Crippen molar-refractivity contribution in [3.05, 3.63) is 84.1 Å². The molecule has 5 rings (SSSR count). The van der Waals surface area contributed by atoms with Crippen LogP contribution in [-0.2, 0) is 31.9 Å². The number of fused-ring (bicyclic) bond motifs is 1. The molecule has 0 aliphatic carbocycles. The summed E-state index contributed by atoms with van der Waals surface area (Å²) >= 11 is 0. The molecule has 2 aromatic carbocycles. The van der Waals surface area contributed by atoms with Gasteiger partial charge in [-0.15, -0.1) is 0 Å². The number of rotatable bonds is 8. The lowest BCUT2D eigenvalue weighted by atomic mass is 9.89. The molecule has 1 atom stereocenters. The standard InChI is InChI=1S/C28H32N2O5/c1-2-32-28(31)29-14-12-22(13-15-29)24-19-30(25-11-7-6-10-23(24)25)16-17-33-27-20-34-26(35-27)18-21-8-4-3-5-9-21/h3-11,19-20,22,26H,2,12-18H2,1H3. The van der Waals surface area contributed by atoms with Crippen molar-refractivity contribution < 1.29 is 23.7 Å². The highest BCUT2D eigenvalue weighted by Crippen LogP contribution is 2.34. The Morgan fingerprint density at radius 1 is 1.06 bits per heavy atom. The highest BCUT2D eigenvalue weighted by Gasteiger charge is 2.27. The first-order valence-electron chi connectivity index (χ1n) is 12.4. The summed E-state index contributed by atoms with van der Waals surface area (Å²) in [6.45, 7) is 4.88. The van der Waals surface area contributed by atoms with E-state index in [-0.39, 0.29) is 12.4 Å². The number of hydrogen-bond donors (Lipinski definition) is 0. The Morgan fingerprint density at radius 2 is 1.83 bits per heavy atom. The second-order valence-electron chi connectivity index (χ2n) is 8.91. The zero-order chi connectivity index (χ0) is 24.0. The minimum absolute atomic E-state index is 0.205. The van der Waals surface area contributed by atoms with Gasteiger partial charge >= 0.3 is 12.0 Å². The lowest BCUT2D eigenvalue weighted by molar-refractivity contribution is -0.0703. The molecule has 0 radical (unpaired) electrons. The summed E-state index contributed by atoms with van der Waals surface area (Å²) in [6.07, 6.45) is 5.79. The molecule has 1 amide bonds. The van der Waals surface area contributed by atoms with Crippen molar-refractivity contribution in [3.63, 3.8) is 0 Å². The van der Waals surface area contributed by atoms with Gasteiger partial charge in [0.15, 0.2) is 6.26 Å². The van der Waals surface area contributed by atoms with Gasteiger partial charge in [-0.2, -0.15) is 0 Å². The summed E-state index contributed by atoms with van der Waals surface area (Å²) in [5, 5.41) is 1.27. The van der Waals surface area contributed by atoms with Crippen LogP contribution in [0.15, 0.2) is 73.0 Å². The first kappa shape index (κ1) is 23.1. The fourth-order valence-electron chi connectivity index (χ4n) is 4.90. The average molecular weight is 477 g/mol. The molecule has 35 heavy (non-hydrogen) atoms. The number of likely N-dealkylation sites (tertiary alicyclic amines) is 1. The third-order valence-electron chi connectivity index (χ3n) is 6.67. The number of ether oxygens (including phenoxy) is 4. The van der Waals surface area contributed by atoms with Crippen molar-refractivity contribution in [2.45, 2.75) is 44.9 Å². The molecule has 1 saturated heterocycles. The van der Waals surface area contributed by atoms with Gasteiger partial charge in [0.25, 0.3) is 0 Å². The second-order valence-corrected chi connectivity index (χ2v) is 8.91. The third kappa shape index (κ3) is 5.39. The van der Waals surface area contributed by atoms with Gasteiger partial charge in [0, 0.05) is 36.6 Å². The Labute approximate surface area is 205 Å². The van der Waals surface area contributed by atoms with E-state index in [1.165, 1.54) is 16.5 Å². The largest absolute Gasteiger partial charge is 0.461 e. The normalized spacial score (nSPS) is 18.1. The second kappa shape index (κ2) is 10.8. The summed E-state index contributed by atoms with van der Waals surface area (Å²) in [6, 6.07) is 18.6. The number of nitrogens with zero attached hydrogens (tertiary/aromatic N) is 2. The van der Waals surface area contributed by atoms with Crippen molar-refractivity contribution in [2.24, 2.45) is 0 Å². The molecule has 0 N–H and O–H groups in total. The van der Waals surface area contributed by atoms with E-state index in [9.17, 15) is 4.79 Å². The van der Waals surface area contributed by atoms with E-state index in [2.05, 4.69) is 47.2 Å². The Kier molecular flexibility index (Phi) is 7.12. The fraction of sp³-hybridized carbons (Fsp3) is 0.393. The van der Waals surface area contributed by atoms with Crippen molar-refractivity contribution in [2.75, 3.05) is 26.3 Å². The molecule has 2 aliphatic heterocycles. The molecule has 7 nitrogen and oxygen atoms in total. The lowest BCUT2D eigenvalue weighted by Crippen LogP contribution is -2.38. The summed E-state index contributed by atoms with van der Waals surface area (Å²) < 4.78 is 24.7. The molecule has 2 aliphatic rings. The number of hydrogen-bond acceptors (Lipinski definition) is 5. The van der Waals surface area contributed by atoms with Crippen LogP contribution in [0, 0.1) is 0 Å². The Hall–Kier alpha value is -3.61. The van der Waals surface area contributed by atoms with Gasteiger partial charge in [-0.1, -0.05) is 48.5 Å². The SMILES string of the molecule is CCOC(=O)N1CCC(c2cn(CCOC3=COC(Cc4ccccc4)O3)c3ccccc23)CC1. The molecule has 1 fully saturated rings. The summed E-state index contributed by atoms with van der Waals surface area (Å²) in [5.74, 6) is 0.842. The van der Waals surface area contributed by atoms with Crippen LogP contribution in [0.1, 0.15) is 36.8 Å². The van der Waals surface area contributed by atoms with E-state index in [4.69, 9.17) is 18.9 Å². The van der Waals surface area contributed by atoms with Crippen molar-refractivity contribution in [1.82, 2.24) is 9.47 Å². The van der Waals surface area contributed by atoms with Crippen LogP contribution >= 0.6 is 0 Å². The van der Waals surface area contributed by atoms with E-state index in [0.717, 1.165) is 31.5 Å². The molecule has 0 spiro atoms. The van der Waals surface area contributed by atoms with Gasteiger partial charge in [0.05, 0.1) is 13.2 Å². The van der Waals surface area contributed by atoms with Crippen LogP contribution < -0.4 is 0 Å². The smallest absolute Gasteiger partial charge is 0.409 e. The van der Waals surface area contributed by atoms with E-state index in [1.54, 1.807) is 6.26 Å². The Morgan fingerprint density at radius 3 is 2.63 bits per heavy atom. The number of carbonyl (C=O) groups is 1. The van der Waals surface area contributed by atoms with Crippen molar-refractivity contribution in [1.29, 1.82) is 0 Å². The topological polar surface area (TPSA) is 62.2 Å². The maximum atomic E-state index is 12.1. The van der Waals surface area contributed by atoms with Crippen LogP contribution in [0.4, 0.5) is 4.79 Å². The van der Waals surface area contributed by atoms with Crippen LogP contribution in [0.5, 0.6) is 0 Å². The number of amides is 1. The molecule has 7 heteroatoms. The van der Waals surface area contributed by atoms with Gasteiger partial charge in [-0.3, -0.25) is 0 Å². The van der Waals surface area contributed by atoms with Crippen LogP contribution in [0.2, 0.25) is 0 Å². The van der Waals surface area contributed by atoms with Gasteiger partial charge in [0.1, 0.15) is 6.61 Å². The van der Waals surface area contributed by atoms with Gasteiger partial charge in [0.2, 0.25) is 6.29 Å². The quantitative estimate of drug-likeness (QED) is 0.435. The van der Waals surface area contributed by atoms with E-state index in [1.807, 2.05) is 30.0 Å². The predicted molar refractivity (Wildman–Crippen MR) is 133 cm³/mol. The molecule has 0 bridgehead atoms. The van der Waals surface area contributed by atoms with Crippen LogP contribution in [0.3, 0.4) is 0 Å². The van der Waals surface area contributed by atoms with Crippen molar-refractivity contribution in [3.8, 4) is 0 Å². The molecular weight excluding hydrogens is 444 g/mol. The van der Waals surface area contributed by atoms with Gasteiger partial charge in [-0.05, 0) is 42.9 Å². The van der Waals surface area contributed by atoms with Gasteiger partial charge in [-0.25, -0.2) is 4.79 Å². The minimum atomic E-state index is -0.355. The first-order valence-corrected chi connectivity index (χ1v) is 12.4. The summed E-state index contributed by atoms with van der Waals surface area (Å²) in [5.41, 5.74) is 3.69. The molecule has 184 valence electrons. The first-order chi connectivity index (χ1) is 17.2. The van der Waals surface area contributed by atoms with Crippen molar-refractivity contribution >= 4 is 17.0 Å². The predicted octanol–water partition coefficient (Wildman–Crippen LogP) is 5.41. The zero-order valence-electron chi connectivity index (χ0n) is 20.1. The van der Waals surface area contributed by atoms with Crippen LogP contribution in [0.25, 0.3) is 10.9 Å². The maximum Gasteiger partial charge on any atom is 0.409 e. The zero-order valence-corrected chi connectivity index (χ0v) is 20.1. The number of aromatic nitrogens is 1.